The fraction of sp³-hybridized carbons (Fsp3) is 0.588. The molecule has 1 atom stereocenters. The summed E-state index contributed by atoms with van der Waals surface area (Å²) in [5, 5.41) is 2.69. The Morgan fingerprint density at radius 1 is 1.28 bits per heavy atom. The van der Waals surface area contributed by atoms with Gasteiger partial charge in [0.05, 0.1) is 25.5 Å². The molecular weight excluding hydrogens is 417 g/mol. The molecule has 2 N–H and O–H groups in total. The number of carbonyl (C=O) groups excluding carboxylic acids is 1. The smallest absolute Gasteiger partial charge is 0.381 e. The van der Waals surface area contributed by atoms with Crippen molar-refractivity contribution in [3.05, 3.63) is 29.3 Å². The zero-order chi connectivity index (χ0) is 21.3. The minimum atomic E-state index is -5.53. The normalized spacial score (nSPS) is 21.9. The largest absolute Gasteiger partial charge is 0.516 e. The van der Waals surface area contributed by atoms with Gasteiger partial charge in [0, 0.05) is 24.9 Å². The number of amides is 1. The van der Waals surface area contributed by atoms with Crippen LogP contribution in [0.3, 0.4) is 0 Å². The van der Waals surface area contributed by atoms with Gasteiger partial charge in [-0.1, -0.05) is 0 Å². The van der Waals surface area contributed by atoms with Crippen LogP contribution in [-0.2, 0) is 24.2 Å². The van der Waals surface area contributed by atoms with Gasteiger partial charge in [0.25, 0.3) is 5.91 Å². The second-order valence-electron chi connectivity index (χ2n) is 6.86. The summed E-state index contributed by atoms with van der Waals surface area (Å²) in [4.78, 5) is 12.3. The lowest BCUT2D eigenvalue weighted by Crippen LogP contribution is -2.39. The molecule has 2 heterocycles. The van der Waals surface area contributed by atoms with E-state index in [1.54, 1.807) is 0 Å². The fourth-order valence-corrected chi connectivity index (χ4v) is 3.73. The van der Waals surface area contributed by atoms with Gasteiger partial charge < -0.3 is 19.5 Å². The lowest BCUT2D eigenvalue weighted by molar-refractivity contribution is -0.210. The topological polar surface area (TPSA) is 103 Å². The number of hydrogen-bond acceptors (Lipinski definition) is 6. The number of halogens is 3. The molecule has 3 rings (SSSR count). The quantitative estimate of drug-likeness (QED) is 0.728. The molecule has 2 fully saturated rings. The number of hydrogen-bond donors (Lipinski definition) is 2. The van der Waals surface area contributed by atoms with Gasteiger partial charge in [-0.2, -0.15) is 21.6 Å². The maximum atomic E-state index is 12.5. The standard InChI is InChI=1S/C17H21F3N2O6S/c1-11-8-12(2-3-14(11)22-29(24,25)17(18,19)20)15(23)21-9-13-10-27-16(28-13)4-6-26-7-5-16/h2-3,8,13,22H,4-7,9-10H2,1H3,(H,21,23). The summed E-state index contributed by atoms with van der Waals surface area (Å²) in [6.07, 6.45) is 0.911. The molecule has 1 amide bonds. The number of nitrogens with one attached hydrogen (secondary N) is 2. The molecule has 0 bridgehead atoms. The van der Waals surface area contributed by atoms with Gasteiger partial charge in [0.2, 0.25) is 0 Å². The van der Waals surface area contributed by atoms with Crippen molar-refractivity contribution in [2.75, 3.05) is 31.1 Å². The molecule has 0 aromatic heterocycles. The molecule has 0 saturated carbocycles. The highest BCUT2D eigenvalue weighted by atomic mass is 32.2. The summed E-state index contributed by atoms with van der Waals surface area (Å²) in [5.41, 5.74) is -5.34. The highest BCUT2D eigenvalue weighted by Crippen LogP contribution is 2.33. The Balaban J connectivity index is 1.57. The van der Waals surface area contributed by atoms with Crippen LogP contribution in [0.2, 0.25) is 0 Å². The summed E-state index contributed by atoms with van der Waals surface area (Å²) < 4.78 is 78.3. The Morgan fingerprint density at radius 2 is 1.97 bits per heavy atom. The highest BCUT2D eigenvalue weighted by molar-refractivity contribution is 7.93. The zero-order valence-corrected chi connectivity index (χ0v) is 16.4. The molecule has 1 aromatic carbocycles. The number of alkyl halides is 3. The predicted molar refractivity (Wildman–Crippen MR) is 95.7 cm³/mol. The van der Waals surface area contributed by atoms with E-state index >= 15 is 0 Å². The maximum Gasteiger partial charge on any atom is 0.516 e. The van der Waals surface area contributed by atoms with Crippen molar-refractivity contribution in [3.8, 4) is 0 Å². The second kappa shape index (κ2) is 8.09. The SMILES string of the molecule is Cc1cc(C(=O)NCC2COC3(CCOCC3)O2)ccc1NS(=O)(=O)C(F)(F)F. The number of aryl methyl sites for hydroxylation is 1. The van der Waals surface area contributed by atoms with Gasteiger partial charge in [0.1, 0.15) is 6.10 Å². The van der Waals surface area contributed by atoms with Crippen LogP contribution in [-0.4, -0.2) is 58.1 Å². The molecule has 12 heteroatoms. The third-order valence-electron chi connectivity index (χ3n) is 4.70. The number of benzene rings is 1. The lowest BCUT2D eigenvalue weighted by Gasteiger charge is -2.31. The first-order chi connectivity index (χ1) is 13.5. The second-order valence-corrected chi connectivity index (χ2v) is 8.54. The first-order valence-electron chi connectivity index (χ1n) is 8.89. The van der Waals surface area contributed by atoms with Gasteiger partial charge in [-0.3, -0.25) is 9.52 Å². The van der Waals surface area contributed by atoms with Crippen LogP contribution in [0.5, 0.6) is 0 Å². The number of sulfonamides is 1. The molecule has 1 aromatic rings. The molecule has 1 unspecified atom stereocenters. The fourth-order valence-electron chi connectivity index (χ4n) is 3.09. The molecule has 1 spiro atoms. The number of anilines is 1. The van der Waals surface area contributed by atoms with E-state index in [1.165, 1.54) is 23.8 Å². The van der Waals surface area contributed by atoms with E-state index in [0.717, 1.165) is 6.07 Å². The summed E-state index contributed by atoms with van der Waals surface area (Å²) in [7, 11) is -5.53. The van der Waals surface area contributed by atoms with E-state index < -0.39 is 27.2 Å². The van der Waals surface area contributed by atoms with Crippen LogP contribution in [0.4, 0.5) is 18.9 Å². The first kappa shape index (κ1) is 21.8. The first-order valence-corrected chi connectivity index (χ1v) is 10.4. The summed E-state index contributed by atoms with van der Waals surface area (Å²) in [6, 6.07) is 3.65. The predicted octanol–water partition coefficient (Wildman–Crippen LogP) is 1.91. The van der Waals surface area contributed by atoms with Crippen LogP contribution in [0, 0.1) is 6.92 Å². The zero-order valence-electron chi connectivity index (χ0n) is 15.5. The molecular formula is C17H21F3N2O6S. The van der Waals surface area contributed by atoms with E-state index in [1.807, 2.05) is 0 Å². The molecule has 2 aliphatic rings. The van der Waals surface area contributed by atoms with Gasteiger partial charge in [-0.05, 0) is 30.7 Å². The minimum Gasteiger partial charge on any atom is -0.381 e. The Hall–Kier alpha value is -1.89. The van der Waals surface area contributed by atoms with Crippen molar-refractivity contribution in [2.24, 2.45) is 0 Å². The Bertz CT molecular complexity index is 868. The summed E-state index contributed by atoms with van der Waals surface area (Å²) >= 11 is 0. The van der Waals surface area contributed by atoms with Crippen LogP contribution in [0.1, 0.15) is 28.8 Å². The van der Waals surface area contributed by atoms with E-state index in [9.17, 15) is 26.4 Å². The Kier molecular flexibility index (Phi) is 6.08. The van der Waals surface area contributed by atoms with E-state index in [2.05, 4.69) is 5.32 Å². The summed E-state index contributed by atoms with van der Waals surface area (Å²) in [6.45, 7) is 3.01. The van der Waals surface area contributed by atoms with Crippen LogP contribution in [0.25, 0.3) is 0 Å². The van der Waals surface area contributed by atoms with E-state index in [0.29, 0.717) is 32.7 Å². The molecule has 2 saturated heterocycles. The van der Waals surface area contributed by atoms with Crippen molar-refractivity contribution >= 4 is 21.6 Å². The van der Waals surface area contributed by atoms with Gasteiger partial charge >= 0.3 is 15.5 Å². The van der Waals surface area contributed by atoms with Crippen molar-refractivity contribution in [3.63, 3.8) is 0 Å². The van der Waals surface area contributed by atoms with Gasteiger partial charge in [0.15, 0.2) is 5.79 Å². The molecule has 29 heavy (non-hydrogen) atoms. The van der Waals surface area contributed by atoms with E-state index in [-0.39, 0.29) is 29.5 Å². The number of rotatable bonds is 5. The maximum absolute atomic E-state index is 12.5. The highest BCUT2D eigenvalue weighted by Gasteiger charge is 2.46. The van der Waals surface area contributed by atoms with Gasteiger partial charge in [-0.25, -0.2) is 0 Å². The average Bonchev–Trinajstić information content (AvgIpc) is 3.03. The number of carbonyl (C=O) groups is 1. The minimum absolute atomic E-state index is 0.173. The van der Waals surface area contributed by atoms with Crippen molar-refractivity contribution in [1.29, 1.82) is 0 Å². The van der Waals surface area contributed by atoms with Crippen LogP contribution < -0.4 is 10.0 Å². The van der Waals surface area contributed by atoms with Crippen molar-refractivity contribution in [2.45, 2.75) is 37.2 Å². The van der Waals surface area contributed by atoms with E-state index in [4.69, 9.17) is 14.2 Å². The van der Waals surface area contributed by atoms with Gasteiger partial charge in [-0.15, -0.1) is 0 Å². The van der Waals surface area contributed by atoms with Crippen LogP contribution in [0.15, 0.2) is 18.2 Å². The lowest BCUT2D eigenvalue weighted by atomic mass is 10.1. The Morgan fingerprint density at radius 3 is 2.59 bits per heavy atom. The third-order valence-corrected chi connectivity index (χ3v) is 5.79. The molecule has 0 radical (unpaired) electrons. The van der Waals surface area contributed by atoms with Crippen molar-refractivity contribution in [1.82, 2.24) is 5.32 Å². The molecule has 162 valence electrons. The number of ether oxygens (including phenoxy) is 3. The molecule has 2 aliphatic heterocycles. The Labute approximate surface area is 165 Å². The summed E-state index contributed by atoms with van der Waals surface area (Å²) in [5.74, 6) is -1.13. The van der Waals surface area contributed by atoms with Crippen LogP contribution >= 0.6 is 0 Å². The molecule has 8 nitrogen and oxygen atoms in total. The third kappa shape index (κ3) is 5.00. The van der Waals surface area contributed by atoms with Crippen molar-refractivity contribution < 1.29 is 40.6 Å². The average molecular weight is 438 g/mol. The monoisotopic (exact) mass is 438 g/mol. The molecule has 0 aliphatic carbocycles.